The molecule has 0 aromatic heterocycles. The molecule has 3 N–H and O–H groups in total. The lowest BCUT2D eigenvalue weighted by molar-refractivity contribution is -0.201. The van der Waals surface area contributed by atoms with Gasteiger partial charge in [0.1, 0.15) is 5.78 Å². The Morgan fingerprint density at radius 2 is 1.84 bits per heavy atom. The first-order chi connectivity index (χ1) is 15.0. The zero-order valence-corrected chi connectivity index (χ0v) is 20.8. The lowest BCUT2D eigenvalue weighted by Gasteiger charge is -2.63. The molecule has 0 saturated heterocycles. The second-order valence-electron chi connectivity index (χ2n) is 12.6. The van der Waals surface area contributed by atoms with Gasteiger partial charge in [0.05, 0.1) is 12.2 Å². The second-order valence-corrected chi connectivity index (χ2v) is 12.6. The zero-order chi connectivity index (χ0) is 23.4. The third-order valence-electron chi connectivity index (χ3n) is 10.6. The fourth-order valence-electron chi connectivity index (χ4n) is 8.90. The monoisotopic (exact) mass is 447 g/mol. The molecule has 0 aromatic carbocycles. The predicted octanol–water partition coefficient (Wildman–Crippen LogP) is 4.10. The van der Waals surface area contributed by atoms with Gasteiger partial charge in [-0.15, -0.1) is 0 Å². The number of carbonyl (C=O) groups excluding carboxylic acids is 2. The molecule has 0 radical (unpaired) electrons. The molecule has 0 bridgehead atoms. The van der Waals surface area contributed by atoms with Crippen molar-refractivity contribution in [2.45, 2.75) is 111 Å². The number of ketones is 1. The molecule has 0 unspecified atom stereocenters. The minimum atomic E-state index is -0.381. The maximum atomic E-state index is 12.2. The van der Waals surface area contributed by atoms with Crippen LogP contribution in [0.15, 0.2) is 0 Å². The van der Waals surface area contributed by atoms with Crippen LogP contribution >= 0.6 is 0 Å². The van der Waals surface area contributed by atoms with Crippen LogP contribution in [0.25, 0.3) is 0 Å². The molecule has 4 fully saturated rings. The van der Waals surface area contributed by atoms with Crippen molar-refractivity contribution in [3.63, 3.8) is 0 Å². The number of hydrogen-bond acceptors (Lipinski definition) is 4. The van der Waals surface area contributed by atoms with E-state index in [9.17, 15) is 19.8 Å². The summed E-state index contributed by atoms with van der Waals surface area (Å²) in [4.78, 5) is 24.4. The second kappa shape index (κ2) is 8.69. The fourth-order valence-corrected chi connectivity index (χ4v) is 8.90. The van der Waals surface area contributed by atoms with Crippen molar-refractivity contribution in [2.24, 2.45) is 46.3 Å². The molecule has 5 nitrogen and oxygen atoms in total. The van der Waals surface area contributed by atoms with Crippen LogP contribution in [-0.4, -0.2) is 40.2 Å². The number of Topliss-reactive ketones (excluding diaryl/α,β-unsaturated/α-hetero) is 1. The van der Waals surface area contributed by atoms with E-state index >= 15 is 0 Å². The van der Waals surface area contributed by atoms with E-state index in [1.54, 1.807) is 0 Å². The molecule has 4 aliphatic carbocycles. The highest BCUT2D eigenvalue weighted by Gasteiger charge is 2.65. The molecule has 1 amide bonds. The summed E-state index contributed by atoms with van der Waals surface area (Å²) in [5, 5.41) is 25.9. The summed E-state index contributed by atoms with van der Waals surface area (Å²) in [5.74, 6) is 2.29. The van der Waals surface area contributed by atoms with Gasteiger partial charge in [-0.3, -0.25) is 9.59 Å². The lowest BCUT2D eigenvalue weighted by Crippen LogP contribution is -2.62. The highest BCUT2D eigenvalue weighted by molar-refractivity contribution is 5.79. The maximum absolute atomic E-state index is 12.2. The van der Waals surface area contributed by atoms with Crippen molar-refractivity contribution < 1.29 is 19.8 Å². The van der Waals surface area contributed by atoms with Crippen molar-refractivity contribution in [2.75, 3.05) is 0 Å². The van der Waals surface area contributed by atoms with Gasteiger partial charge in [0.15, 0.2) is 0 Å². The number of rotatable bonds is 5. The normalized spacial score (nSPS) is 46.9. The van der Waals surface area contributed by atoms with Crippen LogP contribution in [0.1, 0.15) is 92.4 Å². The van der Waals surface area contributed by atoms with Gasteiger partial charge in [-0.25, -0.2) is 0 Å². The van der Waals surface area contributed by atoms with E-state index in [-0.39, 0.29) is 46.8 Å². The Balaban J connectivity index is 1.53. The first-order valence-electron chi connectivity index (χ1n) is 13.2. The molecule has 0 aromatic rings. The van der Waals surface area contributed by atoms with E-state index in [1.807, 2.05) is 13.8 Å². The van der Waals surface area contributed by atoms with Crippen LogP contribution in [0, 0.1) is 46.3 Å². The van der Waals surface area contributed by atoms with Crippen LogP contribution in [0.4, 0.5) is 0 Å². The van der Waals surface area contributed by atoms with Gasteiger partial charge < -0.3 is 15.5 Å². The summed E-state index contributed by atoms with van der Waals surface area (Å²) >= 11 is 0. The molecule has 182 valence electrons. The van der Waals surface area contributed by atoms with Crippen LogP contribution in [0.5, 0.6) is 0 Å². The van der Waals surface area contributed by atoms with E-state index in [1.165, 1.54) is 0 Å². The number of amides is 1. The van der Waals surface area contributed by atoms with Crippen LogP contribution in [0.3, 0.4) is 0 Å². The predicted molar refractivity (Wildman–Crippen MR) is 125 cm³/mol. The number of nitrogens with one attached hydrogen (secondary N) is 1. The number of carbonyl (C=O) groups is 2. The van der Waals surface area contributed by atoms with Crippen molar-refractivity contribution in [1.29, 1.82) is 0 Å². The standard InChI is InChI=1S/C27H45NO4/c1-15(2)28-24(32)9-6-16(3)19-7-8-20-25-21(14-23(31)27(19,20)5)26(4)11-10-18(29)12-17(26)13-22(25)30/h15-17,19-23,25,30-31H,6-14H2,1-5H3,(H,28,32)/t16-,17+,19-,20+,21+,22-,23+,25+,26+,27-/m1/s1. The summed E-state index contributed by atoms with van der Waals surface area (Å²) in [5.41, 5.74) is -0.150. The summed E-state index contributed by atoms with van der Waals surface area (Å²) in [6.45, 7) is 10.8. The minimum Gasteiger partial charge on any atom is -0.393 e. The Hall–Kier alpha value is -0.940. The Labute approximate surface area is 194 Å². The van der Waals surface area contributed by atoms with Crippen LogP contribution < -0.4 is 5.32 Å². The minimum absolute atomic E-state index is 0.0543. The number of aliphatic hydroxyl groups excluding tert-OH is 2. The molecule has 0 spiro atoms. The third kappa shape index (κ3) is 3.85. The lowest BCUT2D eigenvalue weighted by atomic mass is 9.43. The van der Waals surface area contributed by atoms with Gasteiger partial charge in [0.2, 0.25) is 5.91 Å². The fraction of sp³-hybridized carbons (Fsp3) is 0.926. The van der Waals surface area contributed by atoms with Crippen molar-refractivity contribution in [3.05, 3.63) is 0 Å². The first-order valence-corrected chi connectivity index (χ1v) is 13.2. The molecule has 4 rings (SSSR count). The van der Waals surface area contributed by atoms with Gasteiger partial charge in [-0.2, -0.15) is 0 Å². The SMILES string of the molecule is CC(C)NC(=O)CC[C@@H](C)[C@H]1CC[C@H]2[C@@H]3[C@H](O)C[C@@H]4CC(=O)CC[C@]4(C)[C@H]3C[C@H](O)[C@]12C. The topological polar surface area (TPSA) is 86.6 Å². The Morgan fingerprint density at radius 3 is 2.53 bits per heavy atom. The summed E-state index contributed by atoms with van der Waals surface area (Å²) in [6, 6.07) is 0.163. The third-order valence-corrected chi connectivity index (χ3v) is 10.6. The van der Waals surface area contributed by atoms with E-state index in [0.29, 0.717) is 48.7 Å². The molecule has 0 heterocycles. The van der Waals surface area contributed by atoms with Crippen molar-refractivity contribution >= 4 is 11.7 Å². The molecular formula is C27H45NO4. The van der Waals surface area contributed by atoms with Crippen molar-refractivity contribution in [1.82, 2.24) is 5.32 Å². The molecule has 5 heteroatoms. The smallest absolute Gasteiger partial charge is 0.220 e. The van der Waals surface area contributed by atoms with Gasteiger partial charge in [0, 0.05) is 25.3 Å². The van der Waals surface area contributed by atoms with E-state index < -0.39 is 0 Å². The first kappa shape index (κ1) is 24.2. The quantitative estimate of drug-likeness (QED) is 0.592. The average Bonchev–Trinajstić information content (AvgIpc) is 3.06. The van der Waals surface area contributed by atoms with Gasteiger partial charge in [-0.05, 0) is 98.7 Å². The molecule has 32 heavy (non-hydrogen) atoms. The summed E-state index contributed by atoms with van der Waals surface area (Å²) < 4.78 is 0. The Morgan fingerprint density at radius 1 is 1.12 bits per heavy atom. The summed E-state index contributed by atoms with van der Waals surface area (Å²) in [7, 11) is 0. The zero-order valence-electron chi connectivity index (χ0n) is 20.8. The Bertz CT molecular complexity index is 737. The molecule has 4 aliphatic rings. The van der Waals surface area contributed by atoms with Gasteiger partial charge in [0.25, 0.3) is 0 Å². The maximum Gasteiger partial charge on any atom is 0.220 e. The largest absolute Gasteiger partial charge is 0.393 e. The van der Waals surface area contributed by atoms with Gasteiger partial charge >= 0.3 is 0 Å². The molecule has 10 atom stereocenters. The van der Waals surface area contributed by atoms with E-state index in [0.717, 1.165) is 38.5 Å². The van der Waals surface area contributed by atoms with Crippen LogP contribution in [0.2, 0.25) is 0 Å². The average molecular weight is 448 g/mol. The molecular weight excluding hydrogens is 402 g/mol. The highest BCUT2D eigenvalue weighted by atomic mass is 16.3. The summed E-state index contributed by atoms with van der Waals surface area (Å²) in [6.07, 6.45) is 6.40. The van der Waals surface area contributed by atoms with Crippen LogP contribution in [-0.2, 0) is 9.59 Å². The van der Waals surface area contributed by atoms with Crippen molar-refractivity contribution in [3.8, 4) is 0 Å². The van der Waals surface area contributed by atoms with Gasteiger partial charge in [-0.1, -0.05) is 20.8 Å². The number of aliphatic hydroxyl groups is 2. The number of fused-ring (bicyclic) bond motifs is 5. The van der Waals surface area contributed by atoms with E-state index in [2.05, 4.69) is 26.1 Å². The molecule has 4 saturated carbocycles. The Kier molecular flexibility index (Phi) is 6.57. The molecule has 0 aliphatic heterocycles. The van der Waals surface area contributed by atoms with E-state index in [4.69, 9.17) is 0 Å². The highest BCUT2D eigenvalue weighted by Crippen LogP contribution is 2.68. The number of hydrogen-bond donors (Lipinski definition) is 3.